The lowest BCUT2D eigenvalue weighted by molar-refractivity contribution is -0.134. The van der Waals surface area contributed by atoms with Crippen molar-refractivity contribution in [3.63, 3.8) is 0 Å². The summed E-state index contributed by atoms with van der Waals surface area (Å²) in [6.45, 7) is 5.63. The summed E-state index contributed by atoms with van der Waals surface area (Å²) in [4.78, 5) is 11.5. The lowest BCUT2D eigenvalue weighted by Crippen LogP contribution is -2.09. The highest BCUT2D eigenvalue weighted by atomic mass is 16.6. The molecule has 1 rings (SSSR count). The minimum absolute atomic E-state index is 0.234. The molecular formula is C14H18O3. The van der Waals surface area contributed by atoms with Crippen LogP contribution in [0.1, 0.15) is 25.3 Å². The normalized spacial score (nSPS) is 9.76. The molecule has 0 spiro atoms. The van der Waals surface area contributed by atoms with Crippen molar-refractivity contribution in [2.24, 2.45) is 0 Å². The van der Waals surface area contributed by atoms with Crippen molar-refractivity contribution in [3.05, 3.63) is 36.4 Å². The van der Waals surface area contributed by atoms with Gasteiger partial charge in [-0.2, -0.15) is 0 Å². The highest BCUT2D eigenvalue weighted by molar-refractivity contribution is 5.73. The van der Waals surface area contributed by atoms with E-state index in [0.29, 0.717) is 24.3 Å². The third kappa shape index (κ3) is 3.63. The molecule has 0 unspecified atom stereocenters. The first-order valence-corrected chi connectivity index (χ1v) is 5.70. The Balaban J connectivity index is 2.99. The second-order valence-electron chi connectivity index (χ2n) is 3.67. The second-order valence-corrected chi connectivity index (χ2v) is 3.67. The number of rotatable bonds is 6. The predicted octanol–water partition coefficient (Wildman–Crippen LogP) is 3.13. The van der Waals surface area contributed by atoms with Crippen molar-refractivity contribution in [1.29, 1.82) is 0 Å². The zero-order valence-electron chi connectivity index (χ0n) is 10.4. The van der Waals surface area contributed by atoms with E-state index in [-0.39, 0.29) is 5.97 Å². The van der Waals surface area contributed by atoms with Crippen molar-refractivity contribution in [2.75, 3.05) is 7.11 Å². The molecule has 0 aromatic heterocycles. The molecule has 0 saturated carbocycles. The fraction of sp³-hybridized carbons (Fsp3) is 0.357. The van der Waals surface area contributed by atoms with E-state index in [9.17, 15) is 4.79 Å². The summed E-state index contributed by atoms with van der Waals surface area (Å²) in [6.07, 6.45) is 3.59. The predicted molar refractivity (Wildman–Crippen MR) is 67.4 cm³/mol. The molecule has 0 amide bonds. The van der Waals surface area contributed by atoms with Crippen LogP contribution in [0.25, 0.3) is 0 Å². The molecule has 0 N–H and O–H groups in total. The average Bonchev–Trinajstić information content (AvgIpc) is 2.32. The Morgan fingerprint density at radius 1 is 1.47 bits per heavy atom. The zero-order chi connectivity index (χ0) is 12.7. The number of esters is 1. The van der Waals surface area contributed by atoms with Gasteiger partial charge in [-0.25, -0.2) is 0 Å². The van der Waals surface area contributed by atoms with Crippen molar-refractivity contribution < 1.29 is 14.3 Å². The molecule has 0 atom stereocenters. The van der Waals surface area contributed by atoms with E-state index in [1.54, 1.807) is 19.3 Å². The van der Waals surface area contributed by atoms with Crippen molar-refractivity contribution in [3.8, 4) is 11.5 Å². The largest absolute Gasteiger partial charge is 0.493 e. The molecule has 17 heavy (non-hydrogen) atoms. The summed E-state index contributed by atoms with van der Waals surface area (Å²) in [5.41, 5.74) is 0.906. The Morgan fingerprint density at radius 2 is 2.24 bits per heavy atom. The molecule has 0 bridgehead atoms. The molecule has 0 aliphatic rings. The third-order valence-electron chi connectivity index (χ3n) is 2.31. The minimum atomic E-state index is -0.234. The zero-order valence-corrected chi connectivity index (χ0v) is 10.4. The number of methoxy groups -OCH3 is 1. The second kappa shape index (κ2) is 6.74. The molecular weight excluding hydrogens is 216 g/mol. The first kappa shape index (κ1) is 13.3. The number of benzene rings is 1. The van der Waals surface area contributed by atoms with Gasteiger partial charge in [0.2, 0.25) is 0 Å². The summed E-state index contributed by atoms with van der Waals surface area (Å²) in [7, 11) is 1.56. The van der Waals surface area contributed by atoms with Crippen LogP contribution in [0.15, 0.2) is 30.9 Å². The van der Waals surface area contributed by atoms with Crippen LogP contribution in [0.2, 0.25) is 0 Å². The topological polar surface area (TPSA) is 35.5 Å². The maximum atomic E-state index is 11.5. The van der Waals surface area contributed by atoms with Gasteiger partial charge in [-0.3, -0.25) is 4.79 Å². The van der Waals surface area contributed by atoms with Crippen LogP contribution in [0.5, 0.6) is 11.5 Å². The summed E-state index contributed by atoms with van der Waals surface area (Å²) in [5, 5.41) is 0. The van der Waals surface area contributed by atoms with Crippen molar-refractivity contribution in [1.82, 2.24) is 0 Å². The molecule has 0 aliphatic heterocycles. The number of carbonyl (C=O) groups excluding carboxylic acids is 1. The van der Waals surface area contributed by atoms with Crippen LogP contribution < -0.4 is 9.47 Å². The van der Waals surface area contributed by atoms with Crippen LogP contribution in [-0.2, 0) is 11.2 Å². The Labute approximate surface area is 102 Å². The number of carbonyl (C=O) groups is 1. The lowest BCUT2D eigenvalue weighted by atomic mass is 10.1. The maximum absolute atomic E-state index is 11.5. The summed E-state index contributed by atoms with van der Waals surface area (Å²) >= 11 is 0. The van der Waals surface area contributed by atoms with Crippen LogP contribution in [0, 0.1) is 0 Å². The van der Waals surface area contributed by atoms with Gasteiger partial charge in [0, 0.05) is 12.0 Å². The van der Waals surface area contributed by atoms with E-state index in [1.165, 1.54) is 0 Å². The van der Waals surface area contributed by atoms with Gasteiger partial charge in [0.1, 0.15) is 0 Å². The Morgan fingerprint density at radius 3 is 2.82 bits per heavy atom. The molecule has 0 radical (unpaired) electrons. The molecule has 1 aromatic rings. The molecule has 0 aliphatic carbocycles. The molecule has 3 nitrogen and oxygen atoms in total. The van der Waals surface area contributed by atoms with Gasteiger partial charge in [-0.1, -0.05) is 25.1 Å². The van der Waals surface area contributed by atoms with Gasteiger partial charge in [-0.15, -0.1) is 6.58 Å². The molecule has 3 heteroatoms. The number of hydrogen-bond donors (Lipinski definition) is 0. The summed E-state index contributed by atoms with van der Waals surface area (Å²) in [6, 6.07) is 5.55. The SMILES string of the molecule is C=CCc1cccc(OC)c1OC(=O)CCC. The summed E-state index contributed by atoms with van der Waals surface area (Å²) in [5.74, 6) is 0.851. The molecule has 0 fully saturated rings. The van der Waals surface area contributed by atoms with Gasteiger partial charge < -0.3 is 9.47 Å². The summed E-state index contributed by atoms with van der Waals surface area (Å²) < 4.78 is 10.5. The smallest absolute Gasteiger partial charge is 0.311 e. The first-order chi connectivity index (χ1) is 8.22. The Hall–Kier alpha value is -1.77. The van der Waals surface area contributed by atoms with Gasteiger partial charge >= 0.3 is 5.97 Å². The lowest BCUT2D eigenvalue weighted by Gasteiger charge is -2.12. The van der Waals surface area contributed by atoms with Gasteiger partial charge in [-0.05, 0) is 18.9 Å². The number of allylic oxidation sites excluding steroid dienone is 1. The third-order valence-corrected chi connectivity index (χ3v) is 2.31. The Kier molecular flexibility index (Phi) is 5.27. The van der Waals surface area contributed by atoms with Crippen molar-refractivity contribution in [2.45, 2.75) is 26.2 Å². The first-order valence-electron chi connectivity index (χ1n) is 5.70. The van der Waals surface area contributed by atoms with Gasteiger partial charge in [0.05, 0.1) is 7.11 Å². The van der Waals surface area contributed by atoms with E-state index in [0.717, 1.165) is 12.0 Å². The van der Waals surface area contributed by atoms with Crippen LogP contribution in [0.4, 0.5) is 0 Å². The highest BCUT2D eigenvalue weighted by Gasteiger charge is 2.13. The van der Waals surface area contributed by atoms with Crippen LogP contribution >= 0.6 is 0 Å². The van der Waals surface area contributed by atoms with E-state index >= 15 is 0 Å². The average molecular weight is 234 g/mol. The van der Waals surface area contributed by atoms with Gasteiger partial charge in [0.25, 0.3) is 0 Å². The van der Waals surface area contributed by atoms with E-state index in [1.807, 2.05) is 19.1 Å². The van der Waals surface area contributed by atoms with Crippen LogP contribution in [0.3, 0.4) is 0 Å². The van der Waals surface area contributed by atoms with Gasteiger partial charge in [0.15, 0.2) is 11.5 Å². The van der Waals surface area contributed by atoms with E-state index in [4.69, 9.17) is 9.47 Å². The minimum Gasteiger partial charge on any atom is -0.493 e. The molecule has 0 heterocycles. The standard InChI is InChI=1S/C14H18O3/c1-4-7-11-9-6-10-12(16-3)14(11)17-13(15)8-5-2/h4,6,9-10H,1,5,7-8H2,2-3H3. The van der Waals surface area contributed by atoms with E-state index < -0.39 is 0 Å². The molecule has 92 valence electrons. The van der Waals surface area contributed by atoms with E-state index in [2.05, 4.69) is 6.58 Å². The number of ether oxygens (including phenoxy) is 2. The Bertz CT molecular complexity index is 396. The van der Waals surface area contributed by atoms with Crippen LogP contribution in [-0.4, -0.2) is 13.1 Å². The monoisotopic (exact) mass is 234 g/mol. The number of hydrogen-bond acceptors (Lipinski definition) is 3. The molecule has 0 saturated heterocycles. The quantitative estimate of drug-likeness (QED) is 0.431. The fourth-order valence-electron chi connectivity index (χ4n) is 1.52. The molecule has 1 aromatic carbocycles. The maximum Gasteiger partial charge on any atom is 0.311 e. The fourth-order valence-corrected chi connectivity index (χ4v) is 1.52. The highest BCUT2D eigenvalue weighted by Crippen LogP contribution is 2.31. The van der Waals surface area contributed by atoms with Crippen molar-refractivity contribution >= 4 is 5.97 Å². The number of para-hydroxylation sites is 1.